The van der Waals surface area contributed by atoms with E-state index in [1.54, 1.807) is 0 Å². The van der Waals surface area contributed by atoms with Gasteiger partial charge in [-0.2, -0.15) is 0 Å². The lowest BCUT2D eigenvalue weighted by atomic mass is 10.1. The molecule has 1 aromatic carbocycles. The Hall–Kier alpha value is 0.140. The van der Waals surface area contributed by atoms with E-state index in [0.717, 1.165) is 35.9 Å². The summed E-state index contributed by atoms with van der Waals surface area (Å²) in [6, 6.07) is 8.54. The minimum atomic E-state index is 0.883. The van der Waals surface area contributed by atoms with Crippen molar-refractivity contribution in [2.45, 2.75) is 38.5 Å². The number of unbranched alkanes of at least 4 members (excludes halogenated alkanes) is 3. The van der Waals surface area contributed by atoms with Crippen molar-refractivity contribution >= 4 is 31.9 Å². The van der Waals surface area contributed by atoms with Crippen LogP contribution in [0.1, 0.15) is 37.7 Å². The van der Waals surface area contributed by atoms with Gasteiger partial charge in [-0.3, -0.25) is 0 Å². The Morgan fingerprint density at radius 3 is 2.22 bits per heavy atom. The Kier molecular flexibility index (Phi) is 9.90. The van der Waals surface area contributed by atoms with Crippen LogP contribution < -0.4 is 0 Å². The number of halogens is 2. The number of hydrogen-bond acceptors (Lipinski definition) is 1. The Morgan fingerprint density at radius 2 is 1.50 bits per heavy atom. The van der Waals surface area contributed by atoms with Crippen molar-refractivity contribution < 1.29 is 4.74 Å². The highest BCUT2D eigenvalue weighted by Crippen LogP contribution is 2.11. The minimum absolute atomic E-state index is 0.883. The largest absolute Gasteiger partial charge is 0.381 e. The first kappa shape index (κ1) is 16.2. The predicted molar refractivity (Wildman–Crippen MR) is 85.5 cm³/mol. The van der Waals surface area contributed by atoms with Gasteiger partial charge in [-0.25, -0.2) is 0 Å². The third-order valence-electron chi connectivity index (χ3n) is 2.84. The van der Waals surface area contributed by atoms with Gasteiger partial charge < -0.3 is 4.74 Å². The number of aryl methyl sites for hydroxylation is 1. The molecule has 1 rings (SSSR count). The second-order valence-corrected chi connectivity index (χ2v) is 6.15. The van der Waals surface area contributed by atoms with E-state index in [0.29, 0.717) is 0 Å². The van der Waals surface area contributed by atoms with Gasteiger partial charge in [0.25, 0.3) is 0 Å². The Morgan fingerprint density at radius 1 is 0.833 bits per heavy atom. The third-order valence-corrected chi connectivity index (χ3v) is 3.93. The smallest absolute Gasteiger partial charge is 0.0469 e. The molecule has 0 atom stereocenters. The van der Waals surface area contributed by atoms with Crippen LogP contribution in [0.5, 0.6) is 0 Å². The Balaban J connectivity index is 1.91. The lowest BCUT2D eigenvalue weighted by molar-refractivity contribution is 0.128. The molecule has 0 aliphatic heterocycles. The zero-order valence-electron chi connectivity index (χ0n) is 10.8. The van der Waals surface area contributed by atoms with E-state index in [2.05, 4.69) is 56.1 Å². The van der Waals surface area contributed by atoms with Crippen LogP contribution in [0.2, 0.25) is 0 Å². The summed E-state index contributed by atoms with van der Waals surface area (Å²) in [5.74, 6) is 0. The van der Waals surface area contributed by atoms with Gasteiger partial charge >= 0.3 is 0 Å². The molecule has 0 bridgehead atoms. The summed E-state index contributed by atoms with van der Waals surface area (Å²) in [4.78, 5) is 0. The SMILES string of the molecule is BrCCCCCCOCCCc1ccc(Br)cc1. The molecule has 0 amide bonds. The van der Waals surface area contributed by atoms with E-state index in [9.17, 15) is 0 Å². The van der Waals surface area contributed by atoms with E-state index in [4.69, 9.17) is 4.74 Å². The van der Waals surface area contributed by atoms with Gasteiger partial charge in [0.1, 0.15) is 0 Å². The molecular weight excluding hydrogens is 356 g/mol. The maximum absolute atomic E-state index is 5.64. The molecular formula is C15H22Br2O. The fraction of sp³-hybridized carbons (Fsp3) is 0.600. The summed E-state index contributed by atoms with van der Waals surface area (Å²) < 4.78 is 6.78. The molecule has 0 heterocycles. The summed E-state index contributed by atoms with van der Waals surface area (Å²) in [6.45, 7) is 1.80. The van der Waals surface area contributed by atoms with Crippen molar-refractivity contribution in [1.29, 1.82) is 0 Å². The molecule has 0 aliphatic rings. The Labute approximate surface area is 128 Å². The molecule has 18 heavy (non-hydrogen) atoms. The summed E-state index contributed by atoms with van der Waals surface area (Å²) in [5, 5.41) is 1.13. The maximum Gasteiger partial charge on any atom is 0.0469 e. The zero-order valence-corrected chi connectivity index (χ0v) is 14.0. The lowest BCUT2D eigenvalue weighted by Gasteiger charge is -2.04. The topological polar surface area (TPSA) is 9.23 Å². The normalized spacial score (nSPS) is 10.8. The van der Waals surface area contributed by atoms with Crippen LogP contribution in [0.3, 0.4) is 0 Å². The molecule has 0 aliphatic carbocycles. The van der Waals surface area contributed by atoms with Gasteiger partial charge in [-0.1, -0.05) is 56.8 Å². The summed E-state index contributed by atoms with van der Waals surface area (Å²) in [5.41, 5.74) is 1.39. The molecule has 0 saturated carbocycles. The minimum Gasteiger partial charge on any atom is -0.381 e. The van der Waals surface area contributed by atoms with E-state index in [-0.39, 0.29) is 0 Å². The van der Waals surface area contributed by atoms with Gasteiger partial charge in [0, 0.05) is 23.0 Å². The molecule has 1 nitrogen and oxygen atoms in total. The molecule has 0 spiro atoms. The van der Waals surface area contributed by atoms with Crippen LogP contribution in [0.4, 0.5) is 0 Å². The van der Waals surface area contributed by atoms with Crippen molar-refractivity contribution in [3.05, 3.63) is 34.3 Å². The van der Waals surface area contributed by atoms with Crippen molar-refractivity contribution in [3.63, 3.8) is 0 Å². The number of ether oxygens (including phenoxy) is 1. The fourth-order valence-corrected chi connectivity index (χ4v) is 2.44. The van der Waals surface area contributed by atoms with Crippen molar-refractivity contribution in [3.8, 4) is 0 Å². The number of benzene rings is 1. The van der Waals surface area contributed by atoms with Gasteiger partial charge in [0.15, 0.2) is 0 Å². The Bertz CT molecular complexity index is 298. The monoisotopic (exact) mass is 376 g/mol. The fourth-order valence-electron chi connectivity index (χ4n) is 1.78. The second kappa shape index (κ2) is 11.0. The maximum atomic E-state index is 5.64. The number of alkyl halides is 1. The average Bonchev–Trinajstić information content (AvgIpc) is 2.39. The van der Waals surface area contributed by atoms with Crippen LogP contribution in [-0.4, -0.2) is 18.5 Å². The highest BCUT2D eigenvalue weighted by Gasteiger charge is 1.94. The average molecular weight is 378 g/mol. The summed E-state index contributed by atoms with van der Waals surface area (Å²) in [6.07, 6.45) is 7.31. The predicted octanol–water partition coefficient (Wildman–Crippen LogP) is 5.35. The molecule has 0 unspecified atom stereocenters. The zero-order chi connectivity index (χ0) is 13.1. The second-order valence-electron chi connectivity index (χ2n) is 4.45. The molecule has 0 radical (unpaired) electrons. The standard InChI is InChI=1S/C15H22Br2O/c16-11-3-1-2-4-12-18-13-5-6-14-7-9-15(17)10-8-14/h7-10H,1-6,11-13H2. The first-order valence-electron chi connectivity index (χ1n) is 6.71. The molecule has 3 heteroatoms. The van der Waals surface area contributed by atoms with Crippen LogP contribution in [0.15, 0.2) is 28.7 Å². The quantitative estimate of drug-likeness (QED) is 0.394. The molecule has 0 fully saturated rings. The van der Waals surface area contributed by atoms with Gasteiger partial charge in [0.2, 0.25) is 0 Å². The lowest BCUT2D eigenvalue weighted by Crippen LogP contribution is -1.99. The van der Waals surface area contributed by atoms with Crippen molar-refractivity contribution in [2.24, 2.45) is 0 Å². The molecule has 1 aromatic rings. The first-order chi connectivity index (χ1) is 8.83. The summed E-state index contributed by atoms with van der Waals surface area (Å²) >= 11 is 6.89. The highest BCUT2D eigenvalue weighted by atomic mass is 79.9. The molecule has 0 aromatic heterocycles. The van der Waals surface area contributed by atoms with Gasteiger partial charge in [-0.15, -0.1) is 0 Å². The molecule has 0 N–H and O–H groups in total. The van der Waals surface area contributed by atoms with Crippen molar-refractivity contribution in [2.75, 3.05) is 18.5 Å². The van der Waals surface area contributed by atoms with E-state index in [1.807, 2.05) is 0 Å². The molecule has 0 saturated heterocycles. The molecule has 102 valence electrons. The third kappa shape index (κ3) is 8.28. The van der Waals surface area contributed by atoms with Gasteiger partial charge in [-0.05, 0) is 43.4 Å². The van der Waals surface area contributed by atoms with E-state index >= 15 is 0 Å². The van der Waals surface area contributed by atoms with Crippen LogP contribution in [-0.2, 0) is 11.2 Å². The van der Waals surface area contributed by atoms with E-state index < -0.39 is 0 Å². The van der Waals surface area contributed by atoms with Crippen LogP contribution in [0.25, 0.3) is 0 Å². The number of hydrogen-bond donors (Lipinski definition) is 0. The van der Waals surface area contributed by atoms with Crippen LogP contribution >= 0.6 is 31.9 Å². The van der Waals surface area contributed by atoms with Crippen LogP contribution in [0, 0.1) is 0 Å². The van der Waals surface area contributed by atoms with Gasteiger partial charge in [0.05, 0.1) is 0 Å². The van der Waals surface area contributed by atoms with Crippen molar-refractivity contribution in [1.82, 2.24) is 0 Å². The summed E-state index contributed by atoms with van der Waals surface area (Å²) in [7, 11) is 0. The number of rotatable bonds is 10. The highest BCUT2D eigenvalue weighted by molar-refractivity contribution is 9.10. The first-order valence-corrected chi connectivity index (χ1v) is 8.62. The van der Waals surface area contributed by atoms with E-state index in [1.165, 1.54) is 31.2 Å².